The van der Waals surface area contributed by atoms with E-state index in [2.05, 4.69) is 104 Å². The highest BCUT2D eigenvalue weighted by molar-refractivity contribution is 6.24. The van der Waals surface area contributed by atoms with Crippen molar-refractivity contribution >= 4 is 43.5 Å². The molecular weight excluding hydrogens is 452 g/mol. The SMILES string of the molecule is Cc1ccc(-c2c3c(ccc4ccccc43)[o+]c3ccc4ccccc4c23)cc1.[O-][Cl+3]([O-])([O-])[O-]. The van der Waals surface area contributed by atoms with Gasteiger partial charge < -0.3 is 0 Å². The van der Waals surface area contributed by atoms with Gasteiger partial charge in [0.1, 0.15) is 0 Å². The van der Waals surface area contributed by atoms with Crippen molar-refractivity contribution < 1.29 is 33.3 Å². The molecule has 6 rings (SSSR count). The molecule has 5 nitrogen and oxygen atoms in total. The van der Waals surface area contributed by atoms with Crippen molar-refractivity contribution in [3.63, 3.8) is 0 Å². The number of aryl methyl sites for hydroxylation is 1. The molecule has 0 spiro atoms. The monoisotopic (exact) mass is 470 g/mol. The molecule has 0 aliphatic rings. The molecule has 0 radical (unpaired) electrons. The second-order valence-corrected chi connectivity index (χ2v) is 8.80. The fourth-order valence-corrected chi connectivity index (χ4v) is 4.44. The summed E-state index contributed by atoms with van der Waals surface area (Å²) in [5, 5.41) is 7.25. The van der Waals surface area contributed by atoms with Gasteiger partial charge in [-0.05, 0) is 46.2 Å². The van der Waals surface area contributed by atoms with Crippen molar-refractivity contribution in [2.45, 2.75) is 6.92 Å². The standard InChI is InChI=1S/C28H19O.ClHO4/c1-18-10-12-21(13-11-18)26-27-22-8-4-2-6-19(22)14-16-24(27)29-25-17-15-20-7-3-5-9-23(20)28(25)26;2-1(3,4)5/h2-17H,1H3;(H,2,3,4,5)/q+1;/p-1. The van der Waals surface area contributed by atoms with Crippen LogP contribution in [0.2, 0.25) is 0 Å². The van der Waals surface area contributed by atoms with Gasteiger partial charge in [-0.3, -0.25) is 0 Å². The molecule has 6 heteroatoms. The van der Waals surface area contributed by atoms with E-state index in [0.29, 0.717) is 0 Å². The first-order valence-corrected chi connectivity index (χ1v) is 11.8. The third kappa shape index (κ3) is 4.31. The Kier molecular flexibility index (Phi) is 5.65. The average molecular weight is 471 g/mol. The molecule has 0 saturated heterocycles. The first kappa shape index (κ1) is 22.2. The average Bonchev–Trinajstić information content (AvgIpc) is 2.82. The molecule has 0 bridgehead atoms. The second kappa shape index (κ2) is 8.65. The van der Waals surface area contributed by atoms with Gasteiger partial charge in [-0.1, -0.05) is 78.4 Å². The van der Waals surface area contributed by atoms with Crippen LogP contribution in [0.15, 0.2) is 101 Å². The third-order valence-corrected chi connectivity index (χ3v) is 5.84. The molecule has 34 heavy (non-hydrogen) atoms. The van der Waals surface area contributed by atoms with Crippen LogP contribution < -0.4 is 18.6 Å². The van der Waals surface area contributed by atoms with E-state index in [-0.39, 0.29) is 0 Å². The lowest BCUT2D eigenvalue weighted by Gasteiger charge is -2.17. The molecule has 0 amide bonds. The first-order chi connectivity index (χ1) is 16.3. The quantitative estimate of drug-likeness (QED) is 0.208. The smallest absolute Gasteiger partial charge is 0.222 e. The van der Waals surface area contributed by atoms with E-state index in [1.807, 2.05) is 0 Å². The molecule has 1 heterocycles. The van der Waals surface area contributed by atoms with Crippen LogP contribution in [-0.2, 0) is 0 Å². The van der Waals surface area contributed by atoms with Crippen LogP contribution in [0.1, 0.15) is 5.56 Å². The predicted octanol–water partition coefficient (Wildman–Crippen LogP) is 3.39. The van der Waals surface area contributed by atoms with Gasteiger partial charge in [0.05, 0.1) is 10.8 Å². The van der Waals surface area contributed by atoms with Gasteiger partial charge in [-0.15, -0.1) is 10.2 Å². The molecular formula is C28H19ClO5. The van der Waals surface area contributed by atoms with Gasteiger partial charge in [0.2, 0.25) is 0 Å². The maximum Gasteiger partial charge on any atom is 0.362 e. The molecule has 0 fully saturated rings. The predicted molar refractivity (Wildman–Crippen MR) is 123 cm³/mol. The second-order valence-electron chi connectivity index (χ2n) is 8.04. The van der Waals surface area contributed by atoms with Crippen molar-refractivity contribution in [1.82, 2.24) is 0 Å². The Morgan fingerprint density at radius 2 is 1.00 bits per heavy atom. The van der Waals surface area contributed by atoms with Crippen molar-refractivity contribution in [3.8, 4) is 11.1 Å². The highest BCUT2D eigenvalue weighted by Gasteiger charge is 2.23. The molecule has 0 atom stereocenters. The summed E-state index contributed by atoms with van der Waals surface area (Å²) in [6, 6.07) is 34.4. The van der Waals surface area contributed by atoms with Crippen LogP contribution in [0.25, 0.3) is 54.6 Å². The maximum atomic E-state index is 8.49. The van der Waals surface area contributed by atoms with Crippen molar-refractivity contribution in [2.24, 2.45) is 0 Å². The minimum Gasteiger partial charge on any atom is -0.222 e. The lowest BCUT2D eigenvalue weighted by Crippen LogP contribution is -2.68. The minimum atomic E-state index is -4.94. The molecule has 168 valence electrons. The fraction of sp³-hybridized carbons (Fsp3) is 0.0357. The van der Waals surface area contributed by atoms with Gasteiger partial charge in [0, 0.05) is 17.7 Å². The van der Waals surface area contributed by atoms with E-state index >= 15 is 0 Å². The Balaban J connectivity index is 0.000000439. The van der Waals surface area contributed by atoms with E-state index in [1.54, 1.807) is 0 Å². The Morgan fingerprint density at radius 3 is 1.47 bits per heavy atom. The Hall–Kier alpha value is -3.58. The van der Waals surface area contributed by atoms with Crippen LogP contribution in [-0.4, -0.2) is 0 Å². The summed E-state index contributed by atoms with van der Waals surface area (Å²) in [6.45, 7) is 2.13. The molecule has 0 aliphatic heterocycles. The third-order valence-electron chi connectivity index (χ3n) is 5.84. The number of halogens is 1. The summed E-state index contributed by atoms with van der Waals surface area (Å²) < 4.78 is 40.4. The normalized spacial score (nSPS) is 11.7. The fourth-order valence-electron chi connectivity index (χ4n) is 4.44. The van der Waals surface area contributed by atoms with Crippen LogP contribution in [0.4, 0.5) is 0 Å². The molecule has 0 aliphatic carbocycles. The van der Waals surface area contributed by atoms with E-state index in [9.17, 15) is 0 Å². The summed E-state index contributed by atoms with van der Waals surface area (Å²) >= 11 is 0. The van der Waals surface area contributed by atoms with Gasteiger partial charge in [-0.25, -0.2) is 23.1 Å². The highest BCUT2D eigenvalue weighted by atomic mass is 35.7. The zero-order valence-electron chi connectivity index (χ0n) is 18.2. The van der Waals surface area contributed by atoms with Crippen molar-refractivity contribution in [3.05, 3.63) is 103 Å². The van der Waals surface area contributed by atoms with Gasteiger partial charge in [-0.2, -0.15) is 0 Å². The van der Waals surface area contributed by atoms with Crippen LogP contribution in [0.5, 0.6) is 0 Å². The number of fused-ring (bicyclic) bond motifs is 6. The number of hydrogen-bond acceptors (Lipinski definition) is 4. The van der Waals surface area contributed by atoms with Crippen LogP contribution in [0, 0.1) is 17.2 Å². The molecule has 0 unspecified atom stereocenters. The topological polar surface area (TPSA) is 104 Å². The zero-order chi connectivity index (χ0) is 23.9. The molecule has 1 aromatic heterocycles. The van der Waals surface area contributed by atoms with E-state index in [0.717, 1.165) is 11.2 Å². The lowest BCUT2D eigenvalue weighted by molar-refractivity contribution is -2.00. The van der Waals surface area contributed by atoms with Gasteiger partial charge in [0.25, 0.3) is 0 Å². The minimum absolute atomic E-state index is 0.919. The van der Waals surface area contributed by atoms with Gasteiger partial charge >= 0.3 is 11.2 Å². The summed E-state index contributed by atoms with van der Waals surface area (Å²) in [5.74, 6) is 0. The Labute approximate surface area is 197 Å². The Morgan fingerprint density at radius 1 is 0.559 bits per heavy atom. The highest BCUT2D eigenvalue weighted by Crippen LogP contribution is 2.42. The Bertz CT molecular complexity index is 1550. The molecule has 6 aromatic rings. The van der Waals surface area contributed by atoms with Crippen molar-refractivity contribution in [1.29, 1.82) is 0 Å². The summed E-state index contributed by atoms with van der Waals surface area (Å²) in [7, 11) is -4.94. The van der Waals surface area contributed by atoms with Crippen LogP contribution in [0.3, 0.4) is 0 Å². The lowest BCUT2D eigenvalue weighted by atomic mass is 9.91. The number of hydrogen-bond donors (Lipinski definition) is 0. The van der Waals surface area contributed by atoms with Gasteiger partial charge in [0.15, 0.2) is 0 Å². The van der Waals surface area contributed by atoms with E-state index in [1.165, 1.54) is 49.0 Å². The number of rotatable bonds is 1. The zero-order valence-corrected chi connectivity index (χ0v) is 18.9. The van der Waals surface area contributed by atoms with E-state index < -0.39 is 10.2 Å². The summed E-state index contributed by atoms with van der Waals surface area (Å²) in [6.07, 6.45) is 0. The van der Waals surface area contributed by atoms with Crippen LogP contribution >= 0.6 is 0 Å². The first-order valence-electron chi connectivity index (χ1n) is 10.6. The molecule has 0 saturated carbocycles. The van der Waals surface area contributed by atoms with Crippen molar-refractivity contribution in [2.75, 3.05) is 0 Å². The maximum absolute atomic E-state index is 8.49. The largest absolute Gasteiger partial charge is 0.362 e. The summed E-state index contributed by atoms with van der Waals surface area (Å²) in [4.78, 5) is 0. The summed E-state index contributed by atoms with van der Waals surface area (Å²) in [5.41, 5.74) is 5.56. The molecule has 0 N–H and O–H groups in total. The van der Waals surface area contributed by atoms with E-state index in [4.69, 9.17) is 23.1 Å². The molecule has 5 aromatic carbocycles. The number of benzene rings is 5.